The number of hydrazone groups is 1. The maximum Gasteiger partial charge on any atom is 0.289 e. The summed E-state index contributed by atoms with van der Waals surface area (Å²) in [5.74, 6) is 0.874. The Morgan fingerprint density at radius 2 is 2.04 bits per heavy atom. The molecule has 2 aromatic carbocycles. The van der Waals surface area contributed by atoms with Gasteiger partial charge in [0.25, 0.3) is 5.91 Å². The number of amides is 1. The van der Waals surface area contributed by atoms with Gasteiger partial charge in [-0.2, -0.15) is 10.2 Å². The van der Waals surface area contributed by atoms with Crippen molar-refractivity contribution in [1.82, 2.24) is 15.6 Å². The molecular formula is C21H18N4O3. The number of carbonyl (C=O) groups excluding carboxylic acids is 1. The zero-order valence-electron chi connectivity index (χ0n) is 15.4. The minimum Gasteiger partial charge on any atom is -0.496 e. The van der Waals surface area contributed by atoms with Crippen LogP contribution in [0.2, 0.25) is 0 Å². The van der Waals surface area contributed by atoms with E-state index in [9.17, 15) is 4.79 Å². The van der Waals surface area contributed by atoms with Gasteiger partial charge in [-0.15, -0.1) is 0 Å². The van der Waals surface area contributed by atoms with E-state index in [1.54, 1.807) is 38.5 Å². The quantitative estimate of drug-likeness (QED) is 0.408. The molecule has 0 atom stereocenters. The van der Waals surface area contributed by atoms with Crippen LogP contribution in [0.1, 0.15) is 23.2 Å². The van der Waals surface area contributed by atoms with Gasteiger partial charge in [0.05, 0.1) is 24.6 Å². The molecule has 2 heterocycles. The molecule has 0 saturated carbocycles. The van der Waals surface area contributed by atoms with Gasteiger partial charge in [0.1, 0.15) is 22.9 Å². The molecular weight excluding hydrogens is 356 g/mol. The van der Waals surface area contributed by atoms with Crippen LogP contribution >= 0.6 is 0 Å². The Balaban J connectivity index is 1.64. The highest BCUT2D eigenvalue weighted by Gasteiger charge is 2.16. The maximum atomic E-state index is 12.4. The number of hydrogen-bond donors (Lipinski definition) is 2. The molecule has 1 amide bonds. The SMILES string of the molecule is COc1ccc2ccccc2c1-c1cc(C(=O)NN=C(C)c2ccco2)[nH]n1. The molecule has 2 aromatic heterocycles. The number of fused-ring (bicyclic) bond motifs is 1. The van der Waals surface area contributed by atoms with E-state index in [4.69, 9.17) is 9.15 Å². The van der Waals surface area contributed by atoms with Gasteiger partial charge >= 0.3 is 0 Å². The molecule has 7 nitrogen and oxygen atoms in total. The topological polar surface area (TPSA) is 92.5 Å². The van der Waals surface area contributed by atoms with Gasteiger partial charge in [0.15, 0.2) is 0 Å². The van der Waals surface area contributed by atoms with Crippen LogP contribution in [-0.4, -0.2) is 28.9 Å². The summed E-state index contributed by atoms with van der Waals surface area (Å²) < 4.78 is 10.8. The average molecular weight is 374 g/mol. The fraction of sp³-hybridized carbons (Fsp3) is 0.0952. The Kier molecular flexibility index (Phi) is 4.63. The van der Waals surface area contributed by atoms with Crippen molar-refractivity contribution in [2.24, 2.45) is 5.10 Å². The van der Waals surface area contributed by atoms with Crippen LogP contribution in [-0.2, 0) is 0 Å². The lowest BCUT2D eigenvalue weighted by Gasteiger charge is -2.09. The molecule has 0 bridgehead atoms. The van der Waals surface area contributed by atoms with E-state index in [1.165, 1.54) is 0 Å². The molecule has 4 rings (SSSR count). The van der Waals surface area contributed by atoms with Crippen LogP contribution < -0.4 is 10.2 Å². The van der Waals surface area contributed by atoms with Gasteiger partial charge in [-0.25, -0.2) is 5.43 Å². The number of rotatable bonds is 5. The highest BCUT2D eigenvalue weighted by Crippen LogP contribution is 2.36. The van der Waals surface area contributed by atoms with Crippen molar-refractivity contribution in [3.05, 3.63) is 72.3 Å². The first-order valence-electron chi connectivity index (χ1n) is 8.67. The summed E-state index contributed by atoms with van der Waals surface area (Å²) in [4.78, 5) is 12.4. The van der Waals surface area contributed by atoms with Crippen molar-refractivity contribution < 1.29 is 13.9 Å². The maximum absolute atomic E-state index is 12.4. The van der Waals surface area contributed by atoms with Gasteiger partial charge in [-0.1, -0.05) is 30.3 Å². The number of nitrogens with one attached hydrogen (secondary N) is 2. The van der Waals surface area contributed by atoms with E-state index < -0.39 is 5.91 Å². The van der Waals surface area contributed by atoms with Gasteiger partial charge in [0.2, 0.25) is 0 Å². The van der Waals surface area contributed by atoms with Gasteiger partial charge in [-0.05, 0) is 42.0 Å². The summed E-state index contributed by atoms with van der Waals surface area (Å²) in [6.45, 7) is 1.75. The first-order valence-corrected chi connectivity index (χ1v) is 8.67. The van der Waals surface area contributed by atoms with E-state index in [1.807, 2.05) is 36.4 Å². The van der Waals surface area contributed by atoms with Crippen molar-refractivity contribution in [1.29, 1.82) is 0 Å². The van der Waals surface area contributed by atoms with Crippen molar-refractivity contribution in [2.75, 3.05) is 7.11 Å². The Labute approximate surface area is 161 Å². The predicted molar refractivity (Wildman–Crippen MR) is 106 cm³/mol. The number of furan rings is 1. The summed E-state index contributed by atoms with van der Waals surface area (Å²) in [7, 11) is 1.61. The number of benzene rings is 2. The molecule has 0 aliphatic heterocycles. The highest BCUT2D eigenvalue weighted by atomic mass is 16.5. The summed E-state index contributed by atoms with van der Waals surface area (Å²) in [5.41, 5.74) is 4.80. The second kappa shape index (κ2) is 7.40. The van der Waals surface area contributed by atoms with Crippen molar-refractivity contribution >= 4 is 22.4 Å². The number of aromatic nitrogens is 2. The minimum absolute atomic E-state index is 0.293. The van der Waals surface area contributed by atoms with E-state index in [-0.39, 0.29) is 0 Å². The monoisotopic (exact) mass is 374 g/mol. The molecule has 0 fully saturated rings. The fourth-order valence-electron chi connectivity index (χ4n) is 2.99. The first kappa shape index (κ1) is 17.5. The predicted octanol–water partition coefficient (Wildman–Crippen LogP) is 3.99. The molecule has 0 unspecified atom stereocenters. The lowest BCUT2D eigenvalue weighted by atomic mass is 10.0. The zero-order valence-corrected chi connectivity index (χ0v) is 15.4. The fourth-order valence-corrected chi connectivity index (χ4v) is 2.99. The number of methoxy groups -OCH3 is 1. The van der Waals surface area contributed by atoms with E-state index in [0.717, 1.165) is 16.3 Å². The Hall–Kier alpha value is -3.87. The molecule has 0 radical (unpaired) electrons. The standard InChI is InChI=1S/C21H18N4O3/c1-13(18-8-5-11-28-18)22-25-21(26)17-12-16(23-24-17)20-15-7-4-3-6-14(15)9-10-19(20)27-2/h3-12H,1-2H3,(H,23,24)(H,25,26). The average Bonchev–Trinajstić information content (AvgIpc) is 3.43. The smallest absolute Gasteiger partial charge is 0.289 e. The second-order valence-corrected chi connectivity index (χ2v) is 6.15. The third-order valence-electron chi connectivity index (χ3n) is 4.39. The van der Waals surface area contributed by atoms with Gasteiger partial charge in [0, 0.05) is 0 Å². The molecule has 0 spiro atoms. The van der Waals surface area contributed by atoms with Crippen molar-refractivity contribution in [3.63, 3.8) is 0 Å². The van der Waals surface area contributed by atoms with Crippen molar-refractivity contribution in [2.45, 2.75) is 6.92 Å². The number of H-pyrrole nitrogens is 1. The molecule has 0 saturated heterocycles. The lowest BCUT2D eigenvalue weighted by Crippen LogP contribution is -2.19. The Morgan fingerprint density at radius 3 is 2.82 bits per heavy atom. The van der Waals surface area contributed by atoms with Crippen LogP contribution in [0, 0.1) is 0 Å². The van der Waals surface area contributed by atoms with E-state index >= 15 is 0 Å². The van der Waals surface area contributed by atoms with Crippen LogP contribution in [0.3, 0.4) is 0 Å². The van der Waals surface area contributed by atoms with E-state index in [0.29, 0.717) is 28.6 Å². The third kappa shape index (κ3) is 3.25. The third-order valence-corrected chi connectivity index (χ3v) is 4.39. The largest absolute Gasteiger partial charge is 0.496 e. The lowest BCUT2D eigenvalue weighted by molar-refractivity contribution is 0.0950. The van der Waals surface area contributed by atoms with Crippen LogP contribution in [0.5, 0.6) is 5.75 Å². The second-order valence-electron chi connectivity index (χ2n) is 6.15. The number of aromatic amines is 1. The summed E-state index contributed by atoms with van der Waals surface area (Å²) in [5, 5.41) is 13.2. The van der Waals surface area contributed by atoms with Gasteiger partial charge < -0.3 is 9.15 Å². The van der Waals surface area contributed by atoms with Crippen LogP contribution in [0.15, 0.2) is 70.4 Å². The van der Waals surface area contributed by atoms with Crippen molar-refractivity contribution in [3.8, 4) is 17.0 Å². The summed E-state index contributed by atoms with van der Waals surface area (Å²) in [6, 6.07) is 17.0. The highest BCUT2D eigenvalue weighted by molar-refractivity contribution is 6.01. The molecule has 0 aliphatic carbocycles. The molecule has 4 aromatic rings. The Morgan fingerprint density at radius 1 is 1.18 bits per heavy atom. The number of ether oxygens (including phenoxy) is 1. The molecule has 7 heteroatoms. The summed E-state index contributed by atoms with van der Waals surface area (Å²) in [6.07, 6.45) is 1.55. The minimum atomic E-state index is -0.399. The van der Waals surface area contributed by atoms with Crippen LogP contribution in [0.25, 0.3) is 22.0 Å². The zero-order chi connectivity index (χ0) is 19.5. The number of carbonyl (C=O) groups is 1. The molecule has 28 heavy (non-hydrogen) atoms. The molecule has 140 valence electrons. The van der Waals surface area contributed by atoms with Crippen LogP contribution in [0.4, 0.5) is 0 Å². The van der Waals surface area contributed by atoms with Gasteiger partial charge in [-0.3, -0.25) is 9.89 Å². The normalized spacial score (nSPS) is 11.6. The first-order chi connectivity index (χ1) is 13.7. The number of hydrogen-bond acceptors (Lipinski definition) is 5. The molecule has 2 N–H and O–H groups in total. The molecule has 0 aliphatic rings. The Bertz CT molecular complexity index is 1160. The summed E-state index contributed by atoms with van der Waals surface area (Å²) >= 11 is 0. The number of nitrogens with zero attached hydrogens (tertiary/aromatic N) is 2. The van der Waals surface area contributed by atoms with E-state index in [2.05, 4.69) is 20.7 Å².